The summed E-state index contributed by atoms with van der Waals surface area (Å²) in [6.07, 6.45) is 3.46. The Morgan fingerprint density at radius 1 is 0.681 bits per heavy atom. The number of benzene rings is 3. The van der Waals surface area contributed by atoms with Crippen LogP contribution in [0.2, 0.25) is 0 Å². The molecule has 1 aliphatic carbocycles. The molecule has 1 aliphatic rings. The van der Waals surface area contributed by atoms with Gasteiger partial charge in [0.25, 0.3) is 0 Å². The lowest BCUT2D eigenvalue weighted by Crippen LogP contribution is -2.65. The van der Waals surface area contributed by atoms with Crippen LogP contribution in [0.15, 0.2) is 91.1 Å². The summed E-state index contributed by atoms with van der Waals surface area (Å²) in [5.74, 6) is -5.88. The van der Waals surface area contributed by atoms with Crippen LogP contribution < -0.4 is 54.8 Å². The number of unbranched alkanes of at least 4 members (excludes halogenated alkanes) is 1. The molecule has 1 saturated carbocycles. The van der Waals surface area contributed by atoms with E-state index in [4.69, 9.17) is 22.9 Å². The largest absolute Gasteiger partial charge is 0.481 e. The Morgan fingerprint density at radius 2 is 1.26 bits per heavy atom. The average molecular weight is 952 g/mol. The third-order valence-electron chi connectivity index (χ3n) is 12.5. The summed E-state index contributed by atoms with van der Waals surface area (Å²) >= 11 is 0. The van der Waals surface area contributed by atoms with Gasteiger partial charge in [-0.25, -0.2) is 4.79 Å². The number of carboxylic acid groups (broad SMARTS) is 1. The van der Waals surface area contributed by atoms with Gasteiger partial charge < -0.3 is 64.9 Å². The lowest BCUT2D eigenvalue weighted by Gasteiger charge is -2.41. The average Bonchev–Trinajstić information content (AvgIpc) is 3.74. The first-order valence-corrected chi connectivity index (χ1v) is 23.3. The highest BCUT2D eigenvalue weighted by molar-refractivity contribution is 5.99. The molecule has 0 radical (unpaired) electrons. The molecule has 1 heterocycles. The first-order chi connectivity index (χ1) is 33.1. The van der Waals surface area contributed by atoms with Gasteiger partial charge in [-0.3, -0.25) is 33.6 Å². The number of carboxylic acids is 1. The fraction of sp³-hybridized carbons (Fsp3) is 0.429. The second kappa shape index (κ2) is 25.7. The van der Waals surface area contributed by atoms with Gasteiger partial charge in [-0.1, -0.05) is 78.9 Å². The lowest BCUT2D eigenvalue weighted by molar-refractivity contribution is -0.141. The first kappa shape index (κ1) is 52.6. The fourth-order valence-electron chi connectivity index (χ4n) is 8.65. The molecule has 8 amide bonds. The van der Waals surface area contributed by atoms with E-state index in [2.05, 4.69) is 36.9 Å². The van der Waals surface area contributed by atoms with Gasteiger partial charge in [-0.15, -0.1) is 0 Å². The van der Waals surface area contributed by atoms with Gasteiger partial charge in [-0.05, 0) is 93.0 Å². The van der Waals surface area contributed by atoms with Gasteiger partial charge in [0.1, 0.15) is 29.7 Å². The molecule has 0 spiro atoms. The van der Waals surface area contributed by atoms with Crippen molar-refractivity contribution in [2.45, 2.75) is 119 Å². The van der Waals surface area contributed by atoms with Crippen molar-refractivity contribution >= 4 is 58.3 Å². The van der Waals surface area contributed by atoms with Crippen molar-refractivity contribution in [2.75, 3.05) is 13.1 Å². The van der Waals surface area contributed by atoms with E-state index in [9.17, 15) is 43.5 Å². The zero-order valence-electron chi connectivity index (χ0n) is 38.5. The number of para-hydroxylation sites is 1. The van der Waals surface area contributed by atoms with Crippen LogP contribution in [-0.4, -0.2) is 106 Å². The number of fused-ring (bicyclic) bond motifs is 1. The highest BCUT2D eigenvalue weighted by Gasteiger charge is 2.45. The molecule has 5 atom stereocenters. The van der Waals surface area contributed by atoms with Crippen LogP contribution in [0.25, 0.3) is 10.9 Å². The number of primary amides is 2. The van der Waals surface area contributed by atoms with E-state index >= 15 is 0 Å². The van der Waals surface area contributed by atoms with E-state index in [0.717, 1.165) is 16.5 Å². The molecule has 3 aromatic carbocycles. The van der Waals surface area contributed by atoms with Crippen molar-refractivity contribution in [1.29, 1.82) is 0 Å². The van der Waals surface area contributed by atoms with E-state index in [1.807, 2.05) is 54.6 Å². The van der Waals surface area contributed by atoms with Crippen molar-refractivity contribution < 1.29 is 43.5 Å². The SMILES string of the molecule is NCCCC[C@H](NC(=O)[C@H](Cc1c[nH]c2ccccc12)NC(=O)[C@H](CCCNC(N)=O)NC(=O)[C@@H](Cc1ccccc1)NC(=O)C1(NC(=O)[C@@H](N)CC(=O)O)CCC(c2ccccc2)CC1)C(N)=O. The highest BCUT2D eigenvalue weighted by Crippen LogP contribution is 2.38. The van der Waals surface area contributed by atoms with Crippen molar-refractivity contribution in [3.8, 4) is 0 Å². The molecule has 20 heteroatoms. The number of aromatic nitrogens is 1. The third kappa shape index (κ3) is 15.6. The van der Waals surface area contributed by atoms with Crippen LogP contribution >= 0.6 is 0 Å². The molecule has 0 saturated heterocycles. The maximum atomic E-state index is 14.7. The number of nitrogens with two attached hydrogens (primary N) is 4. The van der Waals surface area contributed by atoms with E-state index in [1.54, 1.807) is 36.5 Å². The van der Waals surface area contributed by atoms with Crippen LogP contribution in [0.1, 0.15) is 86.8 Å². The van der Waals surface area contributed by atoms with E-state index in [1.165, 1.54) is 0 Å². The van der Waals surface area contributed by atoms with Gasteiger partial charge in [0, 0.05) is 36.5 Å². The molecule has 1 fully saturated rings. The zero-order valence-corrected chi connectivity index (χ0v) is 38.5. The Bertz CT molecular complexity index is 2390. The summed E-state index contributed by atoms with van der Waals surface area (Å²) in [7, 11) is 0. The predicted molar refractivity (Wildman–Crippen MR) is 258 cm³/mol. The van der Waals surface area contributed by atoms with E-state index in [-0.39, 0.29) is 57.4 Å². The summed E-state index contributed by atoms with van der Waals surface area (Å²) in [5.41, 5.74) is 24.2. The Kier molecular flexibility index (Phi) is 19.6. The summed E-state index contributed by atoms with van der Waals surface area (Å²) in [6, 6.07) is 18.5. The smallest absolute Gasteiger partial charge is 0.312 e. The van der Waals surface area contributed by atoms with Gasteiger partial charge in [0.05, 0.1) is 12.5 Å². The zero-order chi connectivity index (χ0) is 49.9. The maximum Gasteiger partial charge on any atom is 0.312 e. The number of aliphatic carboxylic acids is 1. The summed E-state index contributed by atoms with van der Waals surface area (Å²) in [4.78, 5) is 110. The minimum absolute atomic E-state index is 0.0255. The fourth-order valence-corrected chi connectivity index (χ4v) is 8.65. The Hall–Kier alpha value is -7.32. The molecule has 16 N–H and O–H groups in total. The standard InChI is InChI=1S/C49H65N11O9/c50-24-10-9-18-37(42(52)63)56-46(67)40(27-33-29-55-36-17-8-7-16-34(33)36)58-44(65)38(19-11-25-54-48(53)69)57-45(66)39(26-30-12-3-1-4-13-30)59-47(68)49(60-43(64)35(51)28-41(61)62)22-20-32(21-23-49)31-14-5-2-6-15-31/h1-8,12-17,29,32,35,37-40,55H,9-11,18-28,50-51H2,(H2,52,63)(H,56,67)(H,57,66)(H,58,65)(H,59,68)(H,60,64)(H,61,62)(H3,53,54,69)/t32?,35-,37-,38-,39+,40-,49?/m0/s1. The van der Waals surface area contributed by atoms with Crippen molar-refractivity contribution in [3.63, 3.8) is 0 Å². The summed E-state index contributed by atoms with van der Waals surface area (Å²) in [6.45, 7) is 0.393. The molecular formula is C49H65N11O9. The molecule has 4 aromatic rings. The minimum atomic E-state index is -1.60. The van der Waals surface area contributed by atoms with Crippen molar-refractivity contribution in [1.82, 2.24) is 36.9 Å². The highest BCUT2D eigenvalue weighted by atomic mass is 16.4. The number of H-pyrrole nitrogens is 1. The number of carbonyl (C=O) groups is 8. The Morgan fingerprint density at radius 3 is 1.90 bits per heavy atom. The number of urea groups is 1. The van der Waals surface area contributed by atoms with Crippen LogP contribution in [0, 0.1) is 0 Å². The number of hydrogen-bond donors (Lipinski definition) is 12. The quantitative estimate of drug-likeness (QED) is 0.0394. The van der Waals surface area contributed by atoms with Gasteiger partial charge in [-0.2, -0.15) is 0 Å². The maximum absolute atomic E-state index is 14.7. The molecule has 69 heavy (non-hydrogen) atoms. The minimum Gasteiger partial charge on any atom is -0.481 e. The summed E-state index contributed by atoms with van der Waals surface area (Å²) < 4.78 is 0. The molecular weight excluding hydrogens is 887 g/mol. The second-order valence-electron chi connectivity index (χ2n) is 17.5. The number of aromatic amines is 1. The molecule has 0 unspecified atom stereocenters. The molecule has 1 aromatic heterocycles. The van der Waals surface area contributed by atoms with Crippen LogP contribution in [0.3, 0.4) is 0 Å². The number of amides is 8. The Labute approximate surface area is 400 Å². The monoisotopic (exact) mass is 951 g/mol. The van der Waals surface area contributed by atoms with Crippen LogP contribution in [-0.2, 0) is 46.4 Å². The molecule has 0 aliphatic heterocycles. The van der Waals surface area contributed by atoms with Gasteiger partial charge in [0.15, 0.2) is 0 Å². The Balaban J connectivity index is 1.45. The topological polar surface area (TPSA) is 349 Å². The van der Waals surface area contributed by atoms with E-state index < -0.39 is 89.6 Å². The normalized spacial score (nSPS) is 17.7. The second-order valence-corrected chi connectivity index (χ2v) is 17.5. The number of hydrogen-bond acceptors (Lipinski definition) is 10. The first-order valence-electron chi connectivity index (χ1n) is 23.3. The van der Waals surface area contributed by atoms with Crippen LogP contribution in [0.5, 0.6) is 0 Å². The molecule has 20 nitrogen and oxygen atoms in total. The number of nitrogens with one attached hydrogen (secondary N) is 7. The van der Waals surface area contributed by atoms with Crippen molar-refractivity contribution in [3.05, 3.63) is 108 Å². The van der Waals surface area contributed by atoms with E-state index in [0.29, 0.717) is 43.4 Å². The number of rotatable bonds is 26. The lowest BCUT2D eigenvalue weighted by atomic mass is 9.73. The van der Waals surface area contributed by atoms with Gasteiger partial charge >= 0.3 is 12.0 Å². The van der Waals surface area contributed by atoms with Crippen LogP contribution in [0.4, 0.5) is 4.79 Å². The molecule has 370 valence electrons. The molecule has 0 bridgehead atoms. The van der Waals surface area contributed by atoms with Gasteiger partial charge in [0.2, 0.25) is 35.4 Å². The third-order valence-corrected chi connectivity index (χ3v) is 12.5. The predicted octanol–water partition coefficient (Wildman–Crippen LogP) is 0.970. The van der Waals surface area contributed by atoms with Crippen molar-refractivity contribution in [2.24, 2.45) is 22.9 Å². The molecule has 5 rings (SSSR count). The number of carbonyl (C=O) groups excluding carboxylic acids is 7. The summed E-state index contributed by atoms with van der Waals surface area (Å²) in [5, 5.41) is 26.5.